The molecule has 0 bridgehead atoms. The lowest BCUT2D eigenvalue weighted by Gasteiger charge is -2.17. The number of fused-ring (bicyclic) bond motifs is 1. The lowest BCUT2D eigenvalue weighted by atomic mass is 10.3. The van der Waals surface area contributed by atoms with E-state index < -0.39 is 0 Å². The Balaban J connectivity index is 2.71. The molecule has 0 amide bonds. The van der Waals surface area contributed by atoms with Crippen LogP contribution >= 0.6 is 0 Å². The molecule has 0 fully saturated rings. The fraction of sp³-hybridized carbons (Fsp3) is 0.500. The molecule has 5 nitrogen and oxygen atoms in total. The summed E-state index contributed by atoms with van der Waals surface area (Å²) in [5, 5.41) is 4.10. The van der Waals surface area contributed by atoms with Crippen LogP contribution in [0.1, 0.15) is 39.3 Å². The SMILES string of the molecule is C=c1[nH]n2c(C)cc(N(CCC)CCC)[n+]2c1=N/C=C\C. The minimum Gasteiger partial charge on any atom is -0.307 e. The van der Waals surface area contributed by atoms with Crippen molar-refractivity contribution in [1.29, 1.82) is 0 Å². The van der Waals surface area contributed by atoms with E-state index in [1.807, 2.05) is 17.6 Å². The molecule has 0 saturated heterocycles. The Labute approximate surface area is 125 Å². The number of nitrogens with zero attached hydrogens (tertiary/aromatic N) is 4. The second kappa shape index (κ2) is 6.61. The van der Waals surface area contributed by atoms with Gasteiger partial charge in [-0.15, -0.1) is 14.1 Å². The summed E-state index contributed by atoms with van der Waals surface area (Å²) < 4.78 is 4.13. The second-order valence-corrected chi connectivity index (χ2v) is 5.28. The zero-order chi connectivity index (χ0) is 15.4. The van der Waals surface area contributed by atoms with E-state index in [4.69, 9.17) is 0 Å². The largest absolute Gasteiger partial charge is 0.307 e. The van der Waals surface area contributed by atoms with Crippen molar-refractivity contribution in [3.05, 3.63) is 34.9 Å². The van der Waals surface area contributed by atoms with Gasteiger partial charge in [0.25, 0.3) is 5.49 Å². The molecule has 5 heteroatoms. The Bertz CT molecular complexity index is 729. The number of anilines is 1. The molecular formula is C16H26N5+. The predicted molar refractivity (Wildman–Crippen MR) is 86.1 cm³/mol. The Kier molecular flexibility index (Phi) is 4.83. The molecule has 0 aliphatic rings. The van der Waals surface area contributed by atoms with Crippen LogP contribution in [0, 0.1) is 6.92 Å². The number of rotatable bonds is 6. The summed E-state index contributed by atoms with van der Waals surface area (Å²) in [6.07, 6.45) is 5.98. The molecule has 1 N–H and O–H groups in total. The fourth-order valence-corrected chi connectivity index (χ4v) is 2.60. The average molecular weight is 288 g/mol. The van der Waals surface area contributed by atoms with Crippen molar-refractivity contribution < 1.29 is 4.52 Å². The first-order chi connectivity index (χ1) is 10.1. The van der Waals surface area contributed by atoms with E-state index in [1.165, 1.54) is 5.82 Å². The number of nitrogens with one attached hydrogen (secondary N) is 1. The van der Waals surface area contributed by atoms with Gasteiger partial charge in [0.2, 0.25) is 5.82 Å². The Hall–Kier alpha value is -2.04. The first-order valence-electron chi connectivity index (χ1n) is 7.69. The molecule has 0 aromatic carbocycles. The van der Waals surface area contributed by atoms with Crippen LogP contribution in [-0.2, 0) is 0 Å². The van der Waals surface area contributed by atoms with Crippen molar-refractivity contribution in [2.75, 3.05) is 18.0 Å². The highest BCUT2D eigenvalue weighted by Crippen LogP contribution is 2.11. The molecule has 0 aliphatic carbocycles. The van der Waals surface area contributed by atoms with Crippen LogP contribution in [0.4, 0.5) is 5.82 Å². The number of aryl methyl sites for hydroxylation is 1. The summed E-state index contributed by atoms with van der Waals surface area (Å²) in [5.74, 6) is 1.17. The monoisotopic (exact) mass is 288 g/mol. The van der Waals surface area contributed by atoms with Gasteiger partial charge in [-0.1, -0.05) is 26.5 Å². The van der Waals surface area contributed by atoms with Gasteiger partial charge in [-0.3, -0.25) is 0 Å². The van der Waals surface area contributed by atoms with Crippen molar-refractivity contribution in [3.63, 3.8) is 0 Å². The minimum atomic E-state index is 0.825. The number of allylic oxidation sites excluding steroid dienone is 1. The van der Waals surface area contributed by atoms with Crippen LogP contribution in [0.5, 0.6) is 0 Å². The highest BCUT2D eigenvalue weighted by atomic mass is 15.5. The van der Waals surface area contributed by atoms with Crippen molar-refractivity contribution in [1.82, 2.24) is 9.73 Å². The summed E-state index contributed by atoms with van der Waals surface area (Å²) in [5.41, 5.74) is 2.00. The molecule has 0 unspecified atom stereocenters. The molecule has 0 atom stereocenters. The van der Waals surface area contributed by atoms with Gasteiger partial charge >= 0.3 is 0 Å². The predicted octanol–water partition coefficient (Wildman–Crippen LogP) is 1.35. The van der Waals surface area contributed by atoms with E-state index in [-0.39, 0.29) is 0 Å². The second-order valence-electron chi connectivity index (χ2n) is 5.28. The van der Waals surface area contributed by atoms with Crippen LogP contribution < -0.4 is 20.3 Å². The summed E-state index contributed by atoms with van der Waals surface area (Å²) in [6.45, 7) is 14.6. The summed E-state index contributed by atoms with van der Waals surface area (Å²) in [7, 11) is 0. The van der Waals surface area contributed by atoms with Crippen molar-refractivity contribution in [2.24, 2.45) is 4.99 Å². The van der Waals surface area contributed by atoms with Gasteiger partial charge in [0, 0.05) is 6.07 Å². The van der Waals surface area contributed by atoms with Crippen molar-refractivity contribution in [3.8, 4) is 0 Å². The summed E-state index contributed by atoms with van der Waals surface area (Å²) in [4.78, 5) is 6.94. The van der Waals surface area contributed by atoms with Crippen molar-refractivity contribution in [2.45, 2.75) is 40.5 Å². The average Bonchev–Trinajstić information content (AvgIpc) is 2.94. The molecule has 0 saturated carbocycles. The van der Waals surface area contributed by atoms with Crippen LogP contribution in [0.25, 0.3) is 6.58 Å². The Morgan fingerprint density at radius 3 is 2.62 bits per heavy atom. The third-order valence-electron chi connectivity index (χ3n) is 3.46. The molecule has 2 heterocycles. The van der Waals surface area contributed by atoms with E-state index in [1.54, 1.807) is 6.20 Å². The van der Waals surface area contributed by atoms with Gasteiger partial charge in [0.1, 0.15) is 0 Å². The summed E-state index contributed by atoms with van der Waals surface area (Å²) in [6, 6.07) is 2.20. The highest BCUT2D eigenvalue weighted by Gasteiger charge is 2.20. The quantitative estimate of drug-likeness (QED) is 0.801. The first kappa shape index (κ1) is 15.4. The third kappa shape index (κ3) is 2.86. The van der Waals surface area contributed by atoms with Gasteiger partial charge in [-0.05, 0) is 26.7 Å². The molecule has 2 aromatic rings. The van der Waals surface area contributed by atoms with Gasteiger partial charge in [0.05, 0.1) is 25.0 Å². The maximum atomic E-state index is 4.53. The number of hydrogen-bond acceptors (Lipinski definition) is 2. The number of hydrogen-bond donors (Lipinski definition) is 1. The van der Waals surface area contributed by atoms with E-state index in [9.17, 15) is 0 Å². The number of aromatic amines is 1. The maximum absolute atomic E-state index is 4.53. The molecule has 0 aliphatic heterocycles. The molecule has 21 heavy (non-hydrogen) atoms. The van der Waals surface area contributed by atoms with E-state index in [0.29, 0.717) is 0 Å². The van der Waals surface area contributed by atoms with Crippen molar-refractivity contribution >= 4 is 12.4 Å². The normalized spacial score (nSPS) is 12.9. The Morgan fingerprint density at radius 2 is 2.05 bits per heavy atom. The highest BCUT2D eigenvalue weighted by molar-refractivity contribution is 5.34. The molecule has 2 aromatic heterocycles. The number of H-pyrrole nitrogens is 1. The van der Waals surface area contributed by atoms with Crippen LogP contribution in [-0.4, -0.2) is 22.8 Å². The lowest BCUT2D eigenvalue weighted by molar-refractivity contribution is -0.622. The Morgan fingerprint density at radius 1 is 1.38 bits per heavy atom. The van der Waals surface area contributed by atoms with Crippen LogP contribution in [0.3, 0.4) is 0 Å². The minimum absolute atomic E-state index is 0.825. The standard InChI is InChI=1S/C16H26N5/c1-6-9-17-16-14(5)18-21-13(4)12-15(20(16)21)19(10-7-2)11-8-3/h6,9,12,18H,5,7-8,10-11H2,1-4H3/q+1/b9-6-,17-16?. The fourth-order valence-electron chi connectivity index (χ4n) is 2.60. The summed E-state index contributed by atoms with van der Waals surface area (Å²) >= 11 is 0. The topological polar surface area (TPSA) is 39.9 Å². The van der Waals surface area contributed by atoms with Gasteiger partial charge in [-0.2, -0.15) is 0 Å². The van der Waals surface area contributed by atoms with Gasteiger partial charge in [-0.25, -0.2) is 5.10 Å². The van der Waals surface area contributed by atoms with E-state index in [2.05, 4.69) is 52.9 Å². The van der Waals surface area contributed by atoms with Gasteiger partial charge in [0.15, 0.2) is 5.35 Å². The van der Waals surface area contributed by atoms with Crippen LogP contribution in [0.2, 0.25) is 0 Å². The first-order valence-corrected chi connectivity index (χ1v) is 7.69. The molecule has 2 rings (SSSR count). The molecule has 0 radical (unpaired) electrons. The smallest absolute Gasteiger partial charge is 0.291 e. The molecule has 114 valence electrons. The van der Waals surface area contributed by atoms with Gasteiger partial charge < -0.3 is 4.90 Å². The van der Waals surface area contributed by atoms with E-state index in [0.717, 1.165) is 42.5 Å². The molecular weight excluding hydrogens is 262 g/mol. The number of aromatic nitrogens is 3. The molecule has 0 spiro atoms. The maximum Gasteiger partial charge on any atom is 0.291 e. The van der Waals surface area contributed by atoms with Crippen LogP contribution in [0.15, 0.2) is 23.3 Å². The zero-order valence-electron chi connectivity index (χ0n) is 13.6. The third-order valence-corrected chi connectivity index (χ3v) is 3.46. The zero-order valence-corrected chi connectivity index (χ0v) is 13.6. The lowest BCUT2D eigenvalue weighted by Crippen LogP contribution is -2.50. The van der Waals surface area contributed by atoms with E-state index >= 15 is 0 Å².